The predicted octanol–water partition coefficient (Wildman–Crippen LogP) is 2.18. The molecule has 0 fully saturated rings. The first-order valence-electron chi connectivity index (χ1n) is 6.04. The van der Waals surface area contributed by atoms with Gasteiger partial charge in [-0.1, -0.05) is 25.5 Å². The molecular formula is C13H17F2NO3. The Morgan fingerprint density at radius 2 is 2.11 bits per heavy atom. The molecule has 1 unspecified atom stereocenters. The maximum Gasteiger partial charge on any atom is 0.387 e. The number of para-hydroxylation sites is 1. The summed E-state index contributed by atoms with van der Waals surface area (Å²) < 4.78 is 28.6. The van der Waals surface area contributed by atoms with E-state index in [0.29, 0.717) is 6.42 Å². The second kappa shape index (κ2) is 7.68. The number of ether oxygens (including phenoxy) is 1. The molecule has 0 aliphatic heterocycles. The number of carbonyl (C=O) groups is 1. The van der Waals surface area contributed by atoms with Gasteiger partial charge in [-0.15, -0.1) is 0 Å². The number of aliphatic hydroxyl groups is 1. The highest BCUT2D eigenvalue weighted by molar-refractivity contribution is 5.96. The van der Waals surface area contributed by atoms with Gasteiger partial charge in [0.05, 0.1) is 11.7 Å². The van der Waals surface area contributed by atoms with Crippen molar-refractivity contribution in [2.24, 2.45) is 0 Å². The molecule has 1 aromatic carbocycles. The van der Waals surface area contributed by atoms with Gasteiger partial charge in [-0.3, -0.25) is 4.79 Å². The normalized spacial score (nSPS) is 12.3. The molecule has 4 nitrogen and oxygen atoms in total. The highest BCUT2D eigenvalue weighted by Gasteiger charge is 2.15. The van der Waals surface area contributed by atoms with E-state index in [9.17, 15) is 18.7 Å². The lowest BCUT2D eigenvalue weighted by Crippen LogP contribution is -2.32. The molecule has 1 aromatic rings. The summed E-state index contributed by atoms with van der Waals surface area (Å²) in [5.41, 5.74) is 0.0199. The summed E-state index contributed by atoms with van der Waals surface area (Å²) in [6.45, 7) is -0.994. The van der Waals surface area contributed by atoms with E-state index in [0.717, 1.165) is 6.42 Å². The lowest BCUT2D eigenvalue weighted by atomic mass is 10.1. The van der Waals surface area contributed by atoms with Crippen LogP contribution in [0.5, 0.6) is 5.75 Å². The van der Waals surface area contributed by atoms with E-state index < -0.39 is 18.6 Å². The molecule has 0 radical (unpaired) electrons. The second-order valence-corrected chi connectivity index (χ2v) is 4.03. The van der Waals surface area contributed by atoms with E-state index in [1.165, 1.54) is 18.2 Å². The Balaban J connectivity index is 2.66. The van der Waals surface area contributed by atoms with Crippen LogP contribution in [0.15, 0.2) is 24.3 Å². The van der Waals surface area contributed by atoms with Crippen molar-refractivity contribution in [3.63, 3.8) is 0 Å². The van der Waals surface area contributed by atoms with Crippen LogP contribution in [0.4, 0.5) is 8.78 Å². The number of nitrogens with one attached hydrogen (secondary N) is 1. The maximum atomic E-state index is 12.2. The van der Waals surface area contributed by atoms with Crippen molar-refractivity contribution in [3.05, 3.63) is 29.8 Å². The minimum Gasteiger partial charge on any atom is -0.434 e. The molecule has 0 bridgehead atoms. The van der Waals surface area contributed by atoms with Crippen LogP contribution < -0.4 is 10.1 Å². The molecule has 1 rings (SSSR count). The van der Waals surface area contributed by atoms with Crippen molar-refractivity contribution in [1.29, 1.82) is 0 Å². The smallest absolute Gasteiger partial charge is 0.387 e. The van der Waals surface area contributed by atoms with Gasteiger partial charge in [-0.05, 0) is 18.6 Å². The molecular weight excluding hydrogens is 256 g/mol. The Morgan fingerprint density at radius 3 is 2.74 bits per heavy atom. The van der Waals surface area contributed by atoms with Gasteiger partial charge in [0.25, 0.3) is 5.91 Å². The summed E-state index contributed by atoms with van der Waals surface area (Å²) >= 11 is 0. The van der Waals surface area contributed by atoms with E-state index in [2.05, 4.69) is 10.1 Å². The minimum atomic E-state index is -2.99. The third kappa shape index (κ3) is 5.21. The standard InChI is InChI=1S/C13H17F2NO3/c1-2-5-9(17)8-16-12(18)10-6-3-4-7-11(10)19-13(14)15/h3-4,6-7,9,13,17H,2,5,8H2,1H3,(H,16,18). The first-order valence-corrected chi connectivity index (χ1v) is 6.04. The lowest BCUT2D eigenvalue weighted by Gasteiger charge is -2.13. The van der Waals surface area contributed by atoms with Crippen LogP contribution >= 0.6 is 0 Å². The van der Waals surface area contributed by atoms with E-state index in [1.54, 1.807) is 6.07 Å². The Bertz CT molecular complexity index is 413. The quantitative estimate of drug-likeness (QED) is 0.800. The topological polar surface area (TPSA) is 58.6 Å². The summed E-state index contributed by atoms with van der Waals surface area (Å²) in [4.78, 5) is 11.8. The predicted molar refractivity (Wildman–Crippen MR) is 66.3 cm³/mol. The van der Waals surface area contributed by atoms with Crippen molar-refractivity contribution in [2.75, 3.05) is 6.54 Å². The van der Waals surface area contributed by atoms with Gasteiger partial charge in [0.2, 0.25) is 0 Å². The molecule has 0 aromatic heterocycles. The van der Waals surface area contributed by atoms with Crippen molar-refractivity contribution in [3.8, 4) is 5.75 Å². The summed E-state index contributed by atoms with van der Waals surface area (Å²) in [6.07, 6.45) is 0.717. The van der Waals surface area contributed by atoms with Gasteiger partial charge in [0, 0.05) is 6.54 Å². The number of hydrogen-bond acceptors (Lipinski definition) is 3. The van der Waals surface area contributed by atoms with Crippen LogP contribution in [-0.4, -0.2) is 30.3 Å². The van der Waals surface area contributed by atoms with E-state index >= 15 is 0 Å². The summed E-state index contributed by atoms with van der Waals surface area (Å²) in [6, 6.07) is 5.74. The Morgan fingerprint density at radius 1 is 1.42 bits per heavy atom. The first-order chi connectivity index (χ1) is 9.04. The molecule has 19 heavy (non-hydrogen) atoms. The van der Waals surface area contributed by atoms with Gasteiger partial charge in [-0.25, -0.2) is 0 Å². The number of alkyl halides is 2. The molecule has 0 aliphatic carbocycles. The van der Waals surface area contributed by atoms with Gasteiger partial charge in [0.15, 0.2) is 0 Å². The molecule has 6 heteroatoms. The zero-order valence-electron chi connectivity index (χ0n) is 10.6. The fraction of sp³-hybridized carbons (Fsp3) is 0.462. The number of aliphatic hydroxyl groups excluding tert-OH is 1. The summed E-state index contributed by atoms with van der Waals surface area (Å²) in [5.74, 6) is -0.730. The Labute approximate surface area is 110 Å². The third-order valence-electron chi connectivity index (χ3n) is 2.47. The third-order valence-corrected chi connectivity index (χ3v) is 2.47. The SMILES string of the molecule is CCCC(O)CNC(=O)c1ccccc1OC(F)F. The molecule has 0 heterocycles. The highest BCUT2D eigenvalue weighted by atomic mass is 19.3. The van der Waals surface area contributed by atoms with Gasteiger partial charge in [-0.2, -0.15) is 8.78 Å². The van der Waals surface area contributed by atoms with E-state index in [-0.39, 0.29) is 17.9 Å². The molecule has 1 amide bonds. The number of benzene rings is 1. The Hall–Kier alpha value is -1.69. The summed E-state index contributed by atoms with van der Waals surface area (Å²) in [7, 11) is 0. The van der Waals surface area contributed by atoms with Crippen LogP contribution in [0, 0.1) is 0 Å². The molecule has 0 spiro atoms. The average molecular weight is 273 g/mol. The zero-order chi connectivity index (χ0) is 14.3. The molecule has 1 atom stereocenters. The van der Waals surface area contributed by atoms with Crippen molar-refractivity contribution in [2.45, 2.75) is 32.5 Å². The number of hydrogen-bond donors (Lipinski definition) is 2. The highest BCUT2D eigenvalue weighted by Crippen LogP contribution is 2.19. The number of carbonyl (C=O) groups excluding carboxylic acids is 1. The van der Waals surface area contributed by atoms with Crippen LogP contribution in [-0.2, 0) is 0 Å². The van der Waals surface area contributed by atoms with Crippen LogP contribution in [0.1, 0.15) is 30.1 Å². The van der Waals surface area contributed by atoms with Crippen LogP contribution in [0.2, 0.25) is 0 Å². The molecule has 0 saturated heterocycles. The molecule has 0 aliphatic rings. The zero-order valence-corrected chi connectivity index (χ0v) is 10.6. The second-order valence-electron chi connectivity index (χ2n) is 4.03. The van der Waals surface area contributed by atoms with Gasteiger partial charge >= 0.3 is 6.61 Å². The molecule has 2 N–H and O–H groups in total. The van der Waals surface area contributed by atoms with E-state index in [1.807, 2.05) is 6.92 Å². The number of rotatable bonds is 7. The van der Waals surface area contributed by atoms with Crippen LogP contribution in [0.3, 0.4) is 0 Å². The fourth-order valence-corrected chi connectivity index (χ4v) is 1.59. The molecule has 0 saturated carbocycles. The molecule has 106 valence electrons. The monoisotopic (exact) mass is 273 g/mol. The maximum absolute atomic E-state index is 12.2. The number of halogens is 2. The van der Waals surface area contributed by atoms with Crippen molar-refractivity contribution in [1.82, 2.24) is 5.32 Å². The fourth-order valence-electron chi connectivity index (χ4n) is 1.59. The first kappa shape index (κ1) is 15.4. The van der Waals surface area contributed by atoms with Crippen molar-refractivity contribution < 1.29 is 23.4 Å². The summed E-state index contributed by atoms with van der Waals surface area (Å²) in [5, 5.41) is 12.0. The largest absolute Gasteiger partial charge is 0.434 e. The van der Waals surface area contributed by atoms with E-state index in [4.69, 9.17) is 0 Å². The minimum absolute atomic E-state index is 0.0199. The number of amides is 1. The van der Waals surface area contributed by atoms with Gasteiger partial charge in [0.1, 0.15) is 5.75 Å². The lowest BCUT2D eigenvalue weighted by molar-refractivity contribution is -0.0501. The van der Waals surface area contributed by atoms with Crippen LogP contribution in [0.25, 0.3) is 0 Å². The van der Waals surface area contributed by atoms with Gasteiger partial charge < -0.3 is 15.2 Å². The van der Waals surface area contributed by atoms with Crippen molar-refractivity contribution >= 4 is 5.91 Å². The average Bonchev–Trinajstić information content (AvgIpc) is 2.36. The Kier molecular flexibility index (Phi) is 6.21.